The van der Waals surface area contributed by atoms with Gasteiger partial charge in [-0.3, -0.25) is 4.90 Å². The van der Waals surface area contributed by atoms with Crippen LogP contribution >= 0.6 is 0 Å². The monoisotopic (exact) mass is 212 g/mol. The van der Waals surface area contributed by atoms with Gasteiger partial charge < -0.3 is 9.58 Å². The highest BCUT2D eigenvalue weighted by Crippen LogP contribution is 2.11. The summed E-state index contributed by atoms with van der Waals surface area (Å²) in [6.45, 7) is 16.9. The predicted molar refractivity (Wildman–Crippen MR) is 59.5 cm³/mol. The molecular formula is C11H20N2O2. The molecule has 0 spiro atoms. The van der Waals surface area contributed by atoms with Gasteiger partial charge in [0.1, 0.15) is 11.6 Å². The first-order chi connectivity index (χ1) is 6.81. The summed E-state index contributed by atoms with van der Waals surface area (Å²) in [7, 11) is 0. The standard InChI is InChI=1S/C11H20N2O2/c1-7-13(9(2)8-12-6)10(14)15-11(3,4)5/h9H,7-8H2,1-5H3. The third kappa shape index (κ3) is 5.26. The fourth-order valence-electron chi connectivity index (χ4n) is 1.17. The topological polar surface area (TPSA) is 33.9 Å². The molecule has 0 aliphatic heterocycles. The van der Waals surface area contributed by atoms with Crippen molar-refractivity contribution in [2.45, 2.75) is 46.3 Å². The molecule has 4 heteroatoms. The molecule has 86 valence electrons. The number of likely N-dealkylation sites (N-methyl/N-ethyl adjacent to an activating group) is 1. The van der Waals surface area contributed by atoms with E-state index in [1.54, 1.807) is 4.90 Å². The van der Waals surface area contributed by atoms with Crippen LogP contribution in [0.3, 0.4) is 0 Å². The van der Waals surface area contributed by atoms with Crippen molar-refractivity contribution in [3.8, 4) is 0 Å². The Bertz CT molecular complexity index is 250. The van der Waals surface area contributed by atoms with Crippen molar-refractivity contribution in [3.05, 3.63) is 11.4 Å². The van der Waals surface area contributed by atoms with E-state index < -0.39 is 5.60 Å². The molecule has 0 aliphatic carbocycles. The van der Waals surface area contributed by atoms with Gasteiger partial charge in [-0.2, -0.15) is 0 Å². The first-order valence-corrected chi connectivity index (χ1v) is 5.14. The zero-order valence-electron chi connectivity index (χ0n) is 10.2. The van der Waals surface area contributed by atoms with E-state index in [1.807, 2.05) is 34.6 Å². The second kappa shape index (κ2) is 5.59. The number of hydrogen-bond donors (Lipinski definition) is 0. The van der Waals surface area contributed by atoms with Crippen LogP contribution in [0.25, 0.3) is 4.85 Å². The lowest BCUT2D eigenvalue weighted by Crippen LogP contribution is -2.43. The van der Waals surface area contributed by atoms with E-state index in [-0.39, 0.29) is 12.1 Å². The summed E-state index contributed by atoms with van der Waals surface area (Å²) in [4.78, 5) is 16.6. The van der Waals surface area contributed by atoms with Crippen LogP contribution in [-0.4, -0.2) is 35.7 Å². The summed E-state index contributed by atoms with van der Waals surface area (Å²) in [5.41, 5.74) is -0.484. The average molecular weight is 212 g/mol. The van der Waals surface area contributed by atoms with E-state index in [4.69, 9.17) is 11.3 Å². The first-order valence-electron chi connectivity index (χ1n) is 5.14. The highest BCUT2D eigenvalue weighted by atomic mass is 16.6. The predicted octanol–water partition coefficient (Wildman–Crippen LogP) is 2.55. The molecule has 0 aromatic heterocycles. The molecule has 0 aliphatic rings. The third-order valence-corrected chi connectivity index (χ3v) is 1.86. The molecule has 0 saturated heterocycles. The van der Waals surface area contributed by atoms with Gasteiger partial charge in [0.15, 0.2) is 0 Å². The van der Waals surface area contributed by atoms with E-state index in [0.29, 0.717) is 13.1 Å². The van der Waals surface area contributed by atoms with Crippen LogP contribution in [0.4, 0.5) is 4.79 Å². The Morgan fingerprint density at radius 2 is 2.07 bits per heavy atom. The van der Waals surface area contributed by atoms with Gasteiger partial charge in [0.25, 0.3) is 0 Å². The van der Waals surface area contributed by atoms with Crippen LogP contribution in [0.1, 0.15) is 34.6 Å². The van der Waals surface area contributed by atoms with Crippen molar-refractivity contribution < 1.29 is 9.53 Å². The van der Waals surface area contributed by atoms with Crippen LogP contribution in [0, 0.1) is 6.57 Å². The highest BCUT2D eigenvalue weighted by Gasteiger charge is 2.25. The van der Waals surface area contributed by atoms with Crippen LogP contribution in [0.2, 0.25) is 0 Å². The van der Waals surface area contributed by atoms with E-state index in [0.717, 1.165) is 0 Å². The Labute approximate surface area is 92.0 Å². The summed E-state index contributed by atoms with van der Waals surface area (Å²) in [5.74, 6) is 0. The van der Waals surface area contributed by atoms with Gasteiger partial charge in [0, 0.05) is 6.54 Å². The van der Waals surface area contributed by atoms with Crippen molar-refractivity contribution in [1.82, 2.24) is 4.90 Å². The fourth-order valence-corrected chi connectivity index (χ4v) is 1.17. The number of ether oxygens (including phenoxy) is 1. The number of rotatable bonds is 3. The summed E-state index contributed by atoms with van der Waals surface area (Å²) in [5, 5.41) is 0. The fraction of sp³-hybridized carbons (Fsp3) is 0.818. The maximum absolute atomic E-state index is 11.7. The lowest BCUT2D eigenvalue weighted by atomic mass is 10.2. The maximum atomic E-state index is 11.7. The molecule has 0 fully saturated rings. The number of carbonyl (C=O) groups excluding carboxylic acids is 1. The average Bonchev–Trinajstić information content (AvgIpc) is 2.02. The molecule has 1 atom stereocenters. The van der Waals surface area contributed by atoms with Crippen LogP contribution < -0.4 is 0 Å². The number of nitrogens with zero attached hydrogens (tertiary/aromatic N) is 2. The summed E-state index contributed by atoms with van der Waals surface area (Å²) >= 11 is 0. The normalized spacial score (nSPS) is 12.8. The highest BCUT2D eigenvalue weighted by molar-refractivity contribution is 5.68. The summed E-state index contributed by atoms with van der Waals surface area (Å²) in [6.07, 6.45) is -0.346. The Morgan fingerprint density at radius 1 is 1.53 bits per heavy atom. The molecule has 1 amide bonds. The van der Waals surface area contributed by atoms with Crippen LogP contribution in [0.15, 0.2) is 0 Å². The van der Waals surface area contributed by atoms with Gasteiger partial charge in [-0.15, -0.1) is 0 Å². The minimum atomic E-state index is -0.484. The van der Waals surface area contributed by atoms with Gasteiger partial charge in [0.05, 0.1) is 0 Å². The Hall–Kier alpha value is -1.24. The van der Waals surface area contributed by atoms with Crippen molar-refractivity contribution in [1.29, 1.82) is 0 Å². The molecule has 0 N–H and O–H groups in total. The summed E-state index contributed by atoms with van der Waals surface area (Å²) in [6, 6.07) is -0.0950. The zero-order chi connectivity index (χ0) is 12.1. The van der Waals surface area contributed by atoms with Gasteiger partial charge in [-0.05, 0) is 34.6 Å². The number of amides is 1. The lowest BCUT2D eigenvalue weighted by molar-refractivity contribution is 0.0201. The van der Waals surface area contributed by atoms with Crippen molar-refractivity contribution in [2.24, 2.45) is 0 Å². The smallest absolute Gasteiger partial charge is 0.410 e. The largest absolute Gasteiger partial charge is 0.444 e. The van der Waals surface area contributed by atoms with E-state index in [2.05, 4.69) is 4.85 Å². The van der Waals surface area contributed by atoms with Gasteiger partial charge in [-0.1, -0.05) is 0 Å². The van der Waals surface area contributed by atoms with Gasteiger partial charge in [0.2, 0.25) is 6.54 Å². The van der Waals surface area contributed by atoms with Crippen molar-refractivity contribution >= 4 is 6.09 Å². The number of carbonyl (C=O) groups is 1. The van der Waals surface area contributed by atoms with Crippen molar-refractivity contribution in [2.75, 3.05) is 13.1 Å². The van der Waals surface area contributed by atoms with E-state index in [9.17, 15) is 4.79 Å². The molecule has 15 heavy (non-hydrogen) atoms. The van der Waals surface area contributed by atoms with Gasteiger partial charge in [-0.25, -0.2) is 11.4 Å². The molecular weight excluding hydrogens is 192 g/mol. The molecule has 1 unspecified atom stereocenters. The van der Waals surface area contributed by atoms with Crippen molar-refractivity contribution in [3.63, 3.8) is 0 Å². The molecule has 0 saturated carbocycles. The molecule has 0 rings (SSSR count). The van der Waals surface area contributed by atoms with E-state index >= 15 is 0 Å². The zero-order valence-corrected chi connectivity index (χ0v) is 10.2. The number of hydrogen-bond acceptors (Lipinski definition) is 2. The first kappa shape index (κ1) is 13.8. The second-order valence-corrected chi connectivity index (χ2v) is 4.46. The molecule has 0 heterocycles. The quantitative estimate of drug-likeness (QED) is 0.674. The molecule has 0 bridgehead atoms. The van der Waals surface area contributed by atoms with E-state index in [1.165, 1.54) is 0 Å². The molecule has 4 nitrogen and oxygen atoms in total. The maximum Gasteiger partial charge on any atom is 0.410 e. The third-order valence-electron chi connectivity index (χ3n) is 1.86. The van der Waals surface area contributed by atoms with Crippen LogP contribution in [-0.2, 0) is 4.74 Å². The Morgan fingerprint density at radius 3 is 2.40 bits per heavy atom. The molecule has 0 aromatic carbocycles. The summed E-state index contributed by atoms with van der Waals surface area (Å²) < 4.78 is 5.24. The minimum Gasteiger partial charge on any atom is -0.444 e. The Balaban J connectivity index is 4.42. The lowest BCUT2D eigenvalue weighted by Gasteiger charge is -2.28. The van der Waals surface area contributed by atoms with Gasteiger partial charge >= 0.3 is 6.09 Å². The molecule has 0 aromatic rings. The second-order valence-electron chi connectivity index (χ2n) is 4.46. The van der Waals surface area contributed by atoms with Crippen LogP contribution in [0.5, 0.6) is 0 Å². The Kier molecular flexibility index (Phi) is 5.13. The minimum absolute atomic E-state index is 0.0950. The SMILES string of the molecule is [C-]#[N+]CC(C)N(CC)C(=O)OC(C)(C)C. The molecule has 0 radical (unpaired) electrons.